The van der Waals surface area contributed by atoms with Crippen molar-refractivity contribution in [2.24, 2.45) is 0 Å². The van der Waals surface area contributed by atoms with Gasteiger partial charge in [-0.25, -0.2) is 4.39 Å². The van der Waals surface area contributed by atoms with Crippen LogP contribution in [0.1, 0.15) is 5.56 Å². The minimum atomic E-state index is -0.904. The van der Waals surface area contributed by atoms with Crippen LogP contribution in [-0.2, 0) is 11.3 Å². The van der Waals surface area contributed by atoms with E-state index >= 15 is 0 Å². The second kappa shape index (κ2) is 6.02. The zero-order chi connectivity index (χ0) is 12.0. The van der Waals surface area contributed by atoms with Crippen LogP contribution in [-0.4, -0.2) is 29.1 Å². The summed E-state index contributed by atoms with van der Waals surface area (Å²) in [4.78, 5) is 12.3. The Bertz CT molecular complexity index is 379. The Labute approximate surface area is 93.8 Å². The van der Waals surface area contributed by atoms with Gasteiger partial charge in [0.1, 0.15) is 5.82 Å². The van der Waals surface area contributed by atoms with E-state index in [9.17, 15) is 9.18 Å². The van der Waals surface area contributed by atoms with E-state index in [4.69, 9.17) is 5.11 Å². The number of hydrogen-bond acceptors (Lipinski definition) is 2. The third-order valence-electron chi connectivity index (χ3n) is 2.04. The predicted octanol–water partition coefficient (Wildman–Crippen LogP) is 1.90. The summed E-state index contributed by atoms with van der Waals surface area (Å²) in [6.45, 7) is 4.34. The third-order valence-corrected chi connectivity index (χ3v) is 2.04. The normalized spacial score (nSPS) is 10.4. The van der Waals surface area contributed by atoms with E-state index in [1.165, 1.54) is 12.1 Å². The topological polar surface area (TPSA) is 40.5 Å². The van der Waals surface area contributed by atoms with E-state index in [-0.39, 0.29) is 12.4 Å². The van der Waals surface area contributed by atoms with Gasteiger partial charge in [-0.05, 0) is 17.7 Å². The first-order valence-electron chi connectivity index (χ1n) is 4.91. The largest absolute Gasteiger partial charge is 0.480 e. The molecule has 0 saturated heterocycles. The van der Waals surface area contributed by atoms with Crippen LogP contribution in [0.5, 0.6) is 0 Å². The van der Waals surface area contributed by atoms with Crippen molar-refractivity contribution in [3.8, 4) is 0 Å². The van der Waals surface area contributed by atoms with E-state index in [1.54, 1.807) is 23.1 Å². The fourth-order valence-corrected chi connectivity index (χ4v) is 1.45. The van der Waals surface area contributed by atoms with Crippen molar-refractivity contribution in [2.75, 3.05) is 13.1 Å². The molecular formula is C12H14FNO2. The number of benzene rings is 1. The zero-order valence-electron chi connectivity index (χ0n) is 8.90. The van der Waals surface area contributed by atoms with Crippen LogP contribution in [0.25, 0.3) is 0 Å². The minimum absolute atomic E-state index is 0.0808. The van der Waals surface area contributed by atoms with Crippen molar-refractivity contribution in [1.29, 1.82) is 0 Å². The van der Waals surface area contributed by atoms with E-state index < -0.39 is 5.97 Å². The number of hydrogen-bond donors (Lipinski definition) is 1. The highest BCUT2D eigenvalue weighted by Crippen LogP contribution is 2.07. The monoisotopic (exact) mass is 223 g/mol. The molecule has 0 aliphatic rings. The average Bonchev–Trinajstić information content (AvgIpc) is 2.16. The molecule has 16 heavy (non-hydrogen) atoms. The zero-order valence-corrected chi connectivity index (χ0v) is 8.90. The van der Waals surface area contributed by atoms with Crippen molar-refractivity contribution >= 4 is 5.97 Å². The molecule has 0 fully saturated rings. The maximum Gasteiger partial charge on any atom is 0.317 e. The van der Waals surface area contributed by atoms with Gasteiger partial charge in [0.2, 0.25) is 0 Å². The SMILES string of the molecule is C=CCN(CC(=O)O)Cc1cccc(F)c1. The lowest BCUT2D eigenvalue weighted by molar-refractivity contribution is -0.138. The summed E-state index contributed by atoms with van der Waals surface area (Å²) in [5, 5.41) is 8.69. The summed E-state index contributed by atoms with van der Waals surface area (Å²) in [6, 6.07) is 6.13. The van der Waals surface area contributed by atoms with Gasteiger partial charge in [-0.15, -0.1) is 6.58 Å². The number of carboxylic acid groups (broad SMARTS) is 1. The summed E-state index contributed by atoms with van der Waals surface area (Å²) >= 11 is 0. The van der Waals surface area contributed by atoms with Crippen molar-refractivity contribution < 1.29 is 14.3 Å². The highest BCUT2D eigenvalue weighted by atomic mass is 19.1. The molecule has 0 radical (unpaired) electrons. The molecule has 86 valence electrons. The average molecular weight is 223 g/mol. The Hall–Kier alpha value is -1.68. The molecule has 0 aliphatic carbocycles. The Balaban J connectivity index is 2.66. The molecule has 0 atom stereocenters. The van der Waals surface area contributed by atoms with E-state index in [0.717, 1.165) is 5.56 Å². The Kier molecular flexibility index (Phi) is 4.66. The lowest BCUT2D eigenvalue weighted by Gasteiger charge is -2.18. The molecule has 0 saturated carbocycles. The van der Waals surface area contributed by atoms with E-state index in [0.29, 0.717) is 13.1 Å². The molecular weight excluding hydrogens is 209 g/mol. The second-order valence-electron chi connectivity index (χ2n) is 3.48. The highest BCUT2D eigenvalue weighted by molar-refractivity contribution is 5.69. The van der Waals surface area contributed by atoms with Gasteiger partial charge >= 0.3 is 5.97 Å². The fraction of sp³-hybridized carbons (Fsp3) is 0.250. The van der Waals surface area contributed by atoms with Gasteiger partial charge in [-0.3, -0.25) is 9.69 Å². The first kappa shape index (κ1) is 12.4. The molecule has 1 N–H and O–H groups in total. The van der Waals surface area contributed by atoms with E-state index in [2.05, 4.69) is 6.58 Å². The number of halogens is 1. The van der Waals surface area contributed by atoms with Gasteiger partial charge < -0.3 is 5.11 Å². The van der Waals surface area contributed by atoms with Crippen LogP contribution in [0.15, 0.2) is 36.9 Å². The molecule has 1 rings (SSSR count). The Morgan fingerprint density at radius 3 is 2.88 bits per heavy atom. The number of carbonyl (C=O) groups is 1. The van der Waals surface area contributed by atoms with Gasteiger partial charge in [0, 0.05) is 13.1 Å². The smallest absolute Gasteiger partial charge is 0.317 e. The number of rotatable bonds is 6. The minimum Gasteiger partial charge on any atom is -0.480 e. The number of carboxylic acids is 1. The molecule has 4 heteroatoms. The first-order chi connectivity index (χ1) is 7.61. The number of nitrogens with zero attached hydrogens (tertiary/aromatic N) is 1. The first-order valence-corrected chi connectivity index (χ1v) is 4.91. The van der Waals surface area contributed by atoms with Crippen LogP contribution in [0.3, 0.4) is 0 Å². The summed E-state index contributed by atoms with van der Waals surface area (Å²) in [5.74, 6) is -1.22. The number of aliphatic carboxylic acids is 1. The van der Waals surface area contributed by atoms with Crippen LogP contribution < -0.4 is 0 Å². The maximum atomic E-state index is 12.9. The van der Waals surface area contributed by atoms with Crippen LogP contribution in [0.2, 0.25) is 0 Å². The molecule has 1 aromatic carbocycles. The highest BCUT2D eigenvalue weighted by Gasteiger charge is 2.08. The van der Waals surface area contributed by atoms with Crippen LogP contribution in [0.4, 0.5) is 4.39 Å². The summed E-state index contributed by atoms with van der Waals surface area (Å²) in [5.41, 5.74) is 0.753. The molecule has 0 aliphatic heterocycles. The van der Waals surface area contributed by atoms with Crippen molar-refractivity contribution in [1.82, 2.24) is 4.90 Å². The lowest BCUT2D eigenvalue weighted by atomic mass is 10.2. The van der Waals surface area contributed by atoms with Crippen LogP contribution in [0, 0.1) is 5.82 Å². The second-order valence-corrected chi connectivity index (χ2v) is 3.48. The van der Waals surface area contributed by atoms with Gasteiger partial charge in [0.05, 0.1) is 6.54 Å². The Morgan fingerprint density at radius 2 is 2.31 bits per heavy atom. The standard InChI is InChI=1S/C12H14FNO2/c1-2-6-14(9-12(15)16)8-10-4-3-5-11(13)7-10/h2-5,7H,1,6,8-9H2,(H,15,16). The van der Waals surface area contributed by atoms with Gasteiger partial charge in [0.25, 0.3) is 0 Å². The summed E-state index contributed by atoms with van der Waals surface area (Å²) in [7, 11) is 0. The van der Waals surface area contributed by atoms with Gasteiger partial charge in [-0.2, -0.15) is 0 Å². The molecule has 1 aromatic rings. The van der Waals surface area contributed by atoms with Crippen molar-refractivity contribution in [3.63, 3.8) is 0 Å². The summed E-state index contributed by atoms with van der Waals surface area (Å²) in [6.07, 6.45) is 1.63. The molecule has 0 spiro atoms. The maximum absolute atomic E-state index is 12.9. The molecule has 0 amide bonds. The molecule has 3 nitrogen and oxygen atoms in total. The Morgan fingerprint density at radius 1 is 1.56 bits per heavy atom. The molecule has 0 aromatic heterocycles. The van der Waals surface area contributed by atoms with Gasteiger partial charge in [0.15, 0.2) is 0 Å². The van der Waals surface area contributed by atoms with Crippen molar-refractivity contribution in [2.45, 2.75) is 6.54 Å². The lowest BCUT2D eigenvalue weighted by Crippen LogP contribution is -2.29. The third kappa shape index (κ3) is 4.23. The fourth-order valence-electron chi connectivity index (χ4n) is 1.45. The molecule has 0 heterocycles. The summed E-state index contributed by atoms with van der Waals surface area (Å²) < 4.78 is 12.9. The van der Waals surface area contributed by atoms with Crippen LogP contribution >= 0.6 is 0 Å². The van der Waals surface area contributed by atoms with Crippen molar-refractivity contribution in [3.05, 3.63) is 48.3 Å². The predicted molar refractivity (Wildman–Crippen MR) is 59.5 cm³/mol. The van der Waals surface area contributed by atoms with E-state index in [1.807, 2.05) is 0 Å². The van der Waals surface area contributed by atoms with Gasteiger partial charge in [-0.1, -0.05) is 18.2 Å². The molecule has 0 unspecified atom stereocenters. The molecule has 0 bridgehead atoms. The quantitative estimate of drug-likeness (QED) is 0.749.